The molecule has 3 heteroatoms. The van der Waals surface area contributed by atoms with Crippen LogP contribution in [0.4, 0.5) is 4.39 Å². The third kappa shape index (κ3) is 1.36. The highest BCUT2D eigenvalue weighted by Crippen LogP contribution is 2.31. The van der Waals surface area contributed by atoms with Gasteiger partial charge in [0.1, 0.15) is 6.17 Å². The third-order valence-corrected chi connectivity index (χ3v) is 3.08. The van der Waals surface area contributed by atoms with E-state index in [9.17, 15) is 4.39 Å². The predicted molar refractivity (Wildman–Crippen MR) is 44.9 cm³/mol. The summed E-state index contributed by atoms with van der Waals surface area (Å²) in [5, 5.41) is 3.33. The number of hydrogen-bond donors (Lipinski definition) is 1. The van der Waals surface area contributed by atoms with Crippen LogP contribution in [0.1, 0.15) is 25.7 Å². The summed E-state index contributed by atoms with van der Waals surface area (Å²) in [5.74, 6) is 0. The minimum atomic E-state index is -0.799. The maximum absolute atomic E-state index is 13.5. The highest BCUT2D eigenvalue weighted by molar-refractivity contribution is 4.98. The van der Waals surface area contributed by atoms with Gasteiger partial charge in [0, 0.05) is 6.61 Å². The first-order valence-corrected chi connectivity index (χ1v) is 4.80. The van der Waals surface area contributed by atoms with Gasteiger partial charge in [-0.25, -0.2) is 4.39 Å². The van der Waals surface area contributed by atoms with Gasteiger partial charge < -0.3 is 10.1 Å². The van der Waals surface area contributed by atoms with Gasteiger partial charge in [-0.15, -0.1) is 0 Å². The average molecular weight is 173 g/mol. The Balaban J connectivity index is 2.04. The largest absolute Gasteiger partial charge is 0.378 e. The molecule has 2 aliphatic heterocycles. The van der Waals surface area contributed by atoms with Gasteiger partial charge in [0.2, 0.25) is 0 Å². The van der Waals surface area contributed by atoms with Crippen LogP contribution in [0.2, 0.25) is 0 Å². The van der Waals surface area contributed by atoms with E-state index in [4.69, 9.17) is 4.74 Å². The van der Waals surface area contributed by atoms with Crippen LogP contribution in [-0.2, 0) is 4.74 Å². The molecule has 12 heavy (non-hydrogen) atoms. The number of ether oxygens (including phenoxy) is 1. The van der Waals surface area contributed by atoms with Crippen molar-refractivity contribution in [3.63, 3.8) is 0 Å². The van der Waals surface area contributed by atoms with Crippen molar-refractivity contribution in [2.75, 3.05) is 19.8 Å². The Hall–Kier alpha value is -0.150. The van der Waals surface area contributed by atoms with E-state index in [0.29, 0.717) is 6.61 Å². The summed E-state index contributed by atoms with van der Waals surface area (Å²) < 4.78 is 18.6. The minimum absolute atomic E-state index is 0.226. The summed E-state index contributed by atoms with van der Waals surface area (Å²) in [6.07, 6.45) is 3.38. The van der Waals surface area contributed by atoms with Crippen LogP contribution in [0.3, 0.4) is 0 Å². The summed E-state index contributed by atoms with van der Waals surface area (Å²) >= 11 is 0. The van der Waals surface area contributed by atoms with Crippen LogP contribution < -0.4 is 5.32 Å². The number of halogens is 1. The number of rotatable bonds is 0. The van der Waals surface area contributed by atoms with E-state index in [0.717, 1.165) is 25.8 Å². The molecule has 2 heterocycles. The zero-order valence-electron chi connectivity index (χ0n) is 7.31. The SMILES string of the molecule is FC1COCCC12CCCCN2. The molecule has 0 aromatic carbocycles. The summed E-state index contributed by atoms with van der Waals surface area (Å²) in [5.41, 5.74) is -0.226. The van der Waals surface area contributed by atoms with Crippen molar-refractivity contribution in [1.82, 2.24) is 5.32 Å². The highest BCUT2D eigenvalue weighted by atomic mass is 19.1. The Kier molecular flexibility index (Phi) is 2.33. The molecule has 2 atom stereocenters. The van der Waals surface area contributed by atoms with Crippen molar-refractivity contribution < 1.29 is 9.13 Å². The van der Waals surface area contributed by atoms with E-state index in [1.54, 1.807) is 0 Å². The topological polar surface area (TPSA) is 21.3 Å². The number of hydrogen-bond acceptors (Lipinski definition) is 2. The molecule has 2 nitrogen and oxygen atoms in total. The Morgan fingerprint density at radius 3 is 2.92 bits per heavy atom. The lowest BCUT2D eigenvalue weighted by Gasteiger charge is -2.43. The predicted octanol–water partition coefficient (Wildman–Crippen LogP) is 1.26. The van der Waals surface area contributed by atoms with E-state index >= 15 is 0 Å². The molecule has 2 fully saturated rings. The molecule has 2 rings (SSSR count). The van der Waals surface area contributed by atoms with E-state index < -0.39 is 6.17 Å². The van der Waals surface area contributed by atoms with E-state index in [-0.39, 0.29) is 12.1 Å². The summed E-state index contributed by atoms with van der Waals surface area (Å²) in [7, 11) is 0. The van der Waals surface area contributed by atoms with Gasteiger partial charge in [-0.05, 0) is 25.8 Å². The van der Waals surface area contributed by atoms with E-state index in [1.165, 1.54) is 6.42 Å². The van der Waals surface area contributed by atoms with Gasteiger partial charge in [-0.2, -0.15) is 0 Å². The molecule has 1 N–H and O–H groups in total. The molecule has 0 bridgehead atoms. The quantitative estimate of drug-likeness (QED) is 0.595. The molecule has 0 aromatic heterocycles. The molecule has 0 saturated carbocycles. The summed E-state index contributed by atoms with van der Waals surface area (Å²) in [4.78, 5) is 0. The first-order valence-electron chi connectivity index (χ1n) is 4.80. The monoisotopic (exact) mass is 173 g/mol. The molecule has 0 aromatic rings. The van der Waals surface area contributed by atoms with Crippen LogP contribution in [0.15, 0.2) is 0 Å². The second-order valence-electron chi connectivity index (χ2n) is 3.83. The van der Waals surface area contributed by atoms with Crippen molar-refractivity contribution in [2.24, 2.45) is 0 Å². The van der Waals surface area contributed by atoms with Crippen molar-refractivity contribution in [1.29, 1.82) is 0 Å². The molecule has 0 radical (unpaired) electrons. The van der Waals surface area contributed by atoms with E-state index in [2.05, 4.69) is 5.32 Å². The fraction of sp³-hybridized carbons (Fsp3) is 1.00. The molecular formula is C9H16FNO. The van der Waals surface area contributed by atoms with Crippen LogP contribution >= 0.6 is 0 Å². The zero-order chi connectivity index (χ0) is 8.44. The molecule has 2 unspecified atom stereocenters. The van der Waals surface area contributed by atoms with Crippen LogP contribution in [0, 0.1) is 0 Å². The van der Waals surface area contributed by atoms with Crippen molar-refractivity contribution in [3.8, 4) is 0 Å². The standard InChI is InChI=1S/C9H16FNO/c10-8-7-12-6-4-9(8)3-1-2-5-11-9/h8,11H,1-7H2. The van der Waals surface area contributed by atoms with Crippen LogP contribution in [-0.4, -0.2) is 31.5 Å². The molecule has 2 saturated heterocycles. The van der Waals surface area contributed by atoms with Crippen molar-refractivity contribution >= 4 is 0 Å². The van der Waals surface area contributed by atoms with Gasteiger partial charge in [-0.1, -0.05) is 6.42 Å². The molecule has 1 spiro atoms. The van der Waals surface area contributed by atoms with Crippen LogP contribution in [0.25, 0.3) is 0 Å². The minimum Gasteiger partial charge on any atom is -0.378 e. The molecule has 70 valence electrons. The first-order chi connectivity index (χ1) is 5.83. The smallest absolute Gasteiger partial charge is 0.141 e. The third-order valence-electron chi connectivity index (χ3n) is 3.08. The fourth-order valence-electron chi connectivity index (χ4n) is 2.23. The second-order valence-corrected chi connectivity index (χ2v) is 3.83. The maximum atomic E-state index is 13.5. The lowest BCUT2D eigenvalue weighted by Crippen LogP contribution is -2.59. The van der Waals surface area contributed by atoms with Gasteiger partial charge in [0.25, 0.3) is 0 Å². The lowest BCUT2D eigenvalue weighted by molar-refractivity contribution is -0.0405. The maximum Gasteiger partial charge on any atom is 0.141 e. The Morgan fingerprint density at radius 2 is 2.25 bits per heavy atom. The lowest BCUT2D eigenvalue weighted by atomic mass is 9.81. The van der Waals surface area contributed by atoms with Gasteiger partial charge in [0.15, 0.2) is 0 Å². The molecule has 0 aliphatic carbocycles. The second kappa shape index (κ2) is 3.30. The van der Waals surface area contributed by atoms with Crippen molar-refractivity contribution in [2.45, 2.75) is 37.4 Å². The van der Waals surface area contributed by atoms with Gasteiger partial charge in [-0.3, -0.25) is 0 Å². The molecule has 2 aliphatic rings. The summed E-state index contributed by atoms with van der Waals surface area (Å²) in [6, 6.07) is 0. The van der Waals surface area contributed by atoms with Gasteiger partial charge in [0.05, 0.1) is 12.1 Å². The average Bonchev–Trinajstić information content (AvgIpc) is 2.12. The molecule has 0 amide bonds. The molecular weight excluding hydrogens is 157 g/mol. The summed E-state index contributed by atoms with van der Waals surface area (Å²) in [6.45, 7) is 1.97. The number of nitrogens with one attached hydrogen (secondary N) is 1. The van der Waals surface area contributed by atoms with Crippen molar-refractivity contribution in [3.05, 3.63) is 0 Å². The number of piperidine rings is 1. The highest BCUT2D eigenvalue weighted by Gasteiger charge is 2.42. The Bertz CT molecular complexity index is 148. The Morgan fingerprint density at radius 1 is 1.33 bits per heavy atom. The zero-order valence-corrected chi connectivity index (χ0v) is 7.31. The van der Waals surface area contributed by atoms with Gasteiger partial charge >= 0.3 is 0 Å². The normalized spacial score (nSPS) is 43.2. The fourth-order valence-corrected chi connectivity index (χ4v) is 2.23. The Labute approximate surface area is 72.5 Å². The van der Waals surface area contributed by atoms with E-state index in [1.807, 2.05) is 0 Å². The van der Waals surface area contributed by atoms with Crippen LogP contribution in [0.5, 0.6) is 0 Å². The first kappa shape index (κ1) is 8.45. The number of alkyl halides is 1.